The minimum absolute atomic E-state index is 0.00724. The molecule has 0 fully saturated rings. The number of nitrogens with zero attached hydrogens (tertiary/aromatic N) is 2. The molecule has 1 aromatic heterocycles. The van der Waals surface area contributed by atoms with Crippen LogP contribution in [0.5, 0.6) is 0 Å². The highest BCUT2D eigenvalue weighted by Gasteiger charge is 2.46. The highest BCUT2D eigenvalue weighted by Crippen LogP contribution is 2.61. The highest BCUT2D eigenvalue weighted by molar-refractivity contribution is 6.13. The Kier molecular flexibility index (Phi) is 11.4. The molecule has 79 heavy (non-hydrogen) atoms. The summed E-state index contributed by atoms with van der Waals surface area (Å²) >= 11 is 0. The largest absolute Gasteiger partial charge is 0.309 e. The van der Waals surface area contributed by atoms with Crippen LogP contribution in [0.25, 0.3) is 99.1 Å². The van der Waals surface area contributed by atoms with E-state index in [1.165, 1.54) is 99.0 Å². The number of benzene rings is 11. The van der Waals surface area contributed by atoms with E-state index in [2.05, 4.69) is 312 Å². The first-order valence-electron chi connectivity index (χ1n) is 28.0. The maximum Gasteiger partial charge on any atom is 0.0541 e. The van der Waals surface area contributed by atoms with E-state index < -0.39 is 0 Å². The van der Waals surface area contributed by atoms with Gasteiger partial charge in [-0.2, -0.15) is 0 Å². The lowest BCUT2D eigenvalue weighted by molar-refractivity contribution is 0.499. The first-order valence-corrected chi connectivity index (χ1v) is 28.0. The van der Waals surface area contributed by atoms with Crippen molar-refractivity contribution in [1.82, 2.24) is 4.57 Å². The van der Waals surface area contributed by atoms with Gasteiger partial charge in [0.25, 0.3) is 0 Å². The summed E-state index contributed by atoms with van der Waals surface area (Å²) in [5.74, 6) is 0.368. The van der Waals surface area contributed by atoms with E-state index in [9.17, 15) is 0 Å². The monoisotopic (exact) mass is 1010 g/mol. The number of allylic oxidation sites excluding steroid dienone is 6. The predicted molar refractivity (Wildman–Crippen MR) is 338 cm³/mol. The molecule has 1 atom stereocenters. The van der Waals surface area contributed by atoms with E-state index >= 15 is 0 Å². The zero-order chi connectivity index (χ0) is 53.6. The Morgan fingerprint density at radius 2 is 0.886 bits per heavy atom. The summed E-state index contributed by atoms with van der Waals surface area (Å²) in [6, 6.07) is 92.0. The molecule has 0 N–H and O–H groups in total. The average Bonchev–Trinajstić information content (AvgIpc) is 3.52. The third kappa shape index (κ3) is 8.25. The smallest absolute Gasteiger partial charge is 0.0541 e. The third-order valence-corrected chi connectivity index (χ3v) is 16.6. The Bertz CT molecular complexity index is 4460. The van der Waals surface area contributed by atoms with E-state index in [-0.39, 0.29) is 10.8 Å². The summed E-state index contributed by atoms with van der Waals surface area (Å²) in [4.78, 5) is 2.52. The topological polar surface area (TPSA) is 8.17 Å². The zero-order valence-corrected chi connectivity index (χ0v) is 45.8. The van der Waals surface area contributed by atoms with Gasteiger partial charge >= 0.3 is 0 Å². The highest BCUT2D eigenvalue weighted by atomic mass is 15.1. The van der Waals surface area contributed by atoms with Gasteiger partial charge in [0, 0.05) is 39.2 Å². The lowest BCUT2D eigenvalue weighted by atomic mass is 9.79. The van der Waals surface area contributed by atoms with E-state index in [0.29, 0.717) is 5.92 Å². The van der Waals surface area contributed by atoms with Crippen LogP contribution in [0.3, 0.4) is 0 Å². The van der Waals surface area contributed by atoms with Gasteiger partial charge in [0.2, 0.25) is 0 Å². The number of aromatic nitrogens is 1. The van der Waals surface area contributed by atoms with Gasteiger partial charge < -0.3 is 9.47 Å². The van der Waals surface area contributed by atoms with Gasteiger partial charge in [-0.25, -0.2) is 0 Å². The average molecular weight is 1020 g/mol. The van der Waals surface area contributed by atoms with Gasteiger partial charge in [-0.1, -0.05) is 248 Å². The molecule has 11 aromatic carbocycles. The molecule has 14 rings (SSSR count). The predicted octanol–water partition coefficient (Wildman–Crippen LogP) is 21.6. The standard InChI is InChI=1S/C77H62N2/c1-76(2,3)55-48-66(74-67(49-55)75(74)77(4,5)6)64-37-22-28-53-27-21-36-63(73(53)64)60-32-14-17-39-69(60)79(68-38-16-13-31-59(68)62-35-20-26-52-25-19-34-58(72(52)62)51-23-9-7-10-24-51)57-44-41-50(42-45-57)54-43-46-71-65(47-54)61-33-15-18-40-70(61)78(71)56-29-11-8-12-30-56/h7-49,67H,1-6H3. The number of hydrogen-bond donors (Lipinski definition) is 0. The molecular weight excluding hydrogens is 953 g/mol. The Morgan fingerprint density at radius 3 is 1.51 bits per heavy atom. The Hall–Kier alpha value is -9.24. The van der Waals surface area contributed by atoms with Gasteiger partial charge in [-0.15, -0.1) is 0 Å². The lowest BCUT2D eigenvalue weighted by Crippen LogP contribution is -2.13. The van der Waals surface area contributed by atoms with Crippen molar-refractivity contribution in [3.63, 3.8) is 0 Å². The summed E-state index contributed by atoms with van der Waals surface area (Å²) in [6.45, 7) is 14.2. The molecule has 2 nitrogen and oxygen atoms in total. The maximum absolute atomic E-state index is 2.54. The van der Waals surface area contributed by atoms with Crippen molar-refractivity contribution in [1.29, 1.82) is 0 Å². The quantitative estimate of drug-likeness (QED) is 0.140. The van der Waals surface area contributed by atoms with Crippen LogP contribution in [-0.4, -0.2) is 4.57 Å². The van der Waals surface area contributed by atoms with Crippen LogP contribution in [0.15, 0.2) is 278 Å². The molecule has 1 unspecified atom stereocenters. The van der Waals surface area contributed by atoms with Crippen molar-refractivity contribution in [2.24, 2.45) is 16.7 Å². The van der Waals surface area contributed by atoms with Crippen molar-refractivity contribution in [2.45, 2.75) is 41.5 Å². The van der Waals surface area contributed by atoms with Crippen LogP contribution in [0.1, 0.15) is 47.1 Å². The van der Waals surface area contributed by atoms with Crippen molar-refractivity contribution < 1.29 is 0 Å². The van der Waals surface area contributed by atoms with Crippen LogP contribution in [0.2, 0.25) is 0 Å². The molecule has 0 bridgehead atoms. The van der Waals surface area contributed by atoms with E-state index in [1.54, 1.807) is 5.57 Å². The summed E-state index contributed by atoms with van der Waals surface area (Å²) in [5.41, 5.74) is 23.5. The molecule has 1 heterocycles. The molecule has 12 aromatic rings. The fraction of sp³-hybridized carbons (Fsp3) is 0.117. The molecule has 0 saturated heterocycles. The van der Waals surface area contributed by atoms with Gasteiger partial charge in [-0.3, -0.25) is 0 Å². The number of hydrogen-bond acceptors (Lipinski definition) is 1. The van der Waals surface area contributed by atoms with Crippen LogP contribution < -0.4 is 4.90 Å². The van der Waals surface area contributed by atoms with E-state index in [4.69, 9.17) is 0 Å². The van der Waals surface area contributed by atoms with Crippen LogP contribution in [0.4, 0.5) is 17.1 Å². The van der Waals surface area contributed by atoms with Crippen LogP contribution >= 0.6 is 0 Å². The number of anilines is 3. The molecule has 0 spiro atoms. The molecule has 2 heteroatoms. The second-order valence-electron chi connectivity index (χ2n) is 23.6. The molecule has 0 amide bonds. The first kappa shape index (κ1) is 48.2. The van der Waals surface area contributed by atoms with Gasteiger partial charge in [-0.05, 0) is 148 Å². The molecule has 0 saturated carbocycles. The minimum Gasteiger partial charge on any atom is -0.309 e. The van der Waals surface area contributed by atoms with Gasteiger partial charge in [0.1, 0.15) is 0 Å². The summed E-state index contributed by atoms with van der Waals surface area (Å²) < 4.78 is 2.39. The SMILES string of the molecule is CC(C)(C)C1=CC2C(=C2C(C)(C)C)C(c2cccc3cccc(-c4ccccc4N(c4ccc(-c5ccc6c(c5)c5ccccc5n6-c5ccccc5)cc4)c4ccccc4-c4cccc5cccc(-c6ccccc6)c45)c23)=C1. The molecule has 2 aliphatic carbocycles. The number of rotatable bonds is 9. The second kappa shape index (κ2) is 18.7. The zero-order valence-electron chi connectivity index (χ0n) is 45.8. The van der Waals surface area contributed by atoms with Gasteiger partial charge in [0.05, 0.1) is 22.4 Å². The van der Waals surface area contributed by atoms with Crippen molar-refractivity contribution >= 4 is 66.0 Å². The number of fused-ring (bicyclic) bond motifs is 6. The molecule has 0 radical (unpaired) electrons. The molecule has 380 valence electrons. The Labute approximate surface area is 464 Å². The second-order valence-corrected chi connectivity index (χ2v) is 23.6. The van der Waals surface area contributed by atoms with Crippen molar-refractivity contribution in [3.05, 3.63) is 283 Å². The summed E-state index contributed by atoms with van der Waals surface area (Å²) in [7, 11) is 0. The fourth-order valence-electron chi connectivity index (χ4n) is 13.0. The Balaban J connectivity index is 0.978. The van der Waals surface area contributed by atoms with E-state index in [0.717, 1.165) is 33.9 Å². The Morgan fingerprint density at radius 1 is 0.380 bits per heavy atom. The van der Waals surface area contributed by atoms with Crippen LogP contribution in [-0.2, 0) is 0 Å². The van der Waals surface area contributed by atoms with Crippen molar-refractivity contribution in [3.8, 4) is 50.2 Å². The van der Waals surface area contributed by atoms with Crippen LogP contribution in [0, 0.1) is 16.7 Å². The first-order chi connectivity index (χ1) is 38.5. The number of para-hydroxylation sites is 4. The molecule has 2 aliphatic rings. The lowest BCUT2D eigenvalue weighted by Gasteiger charge is -2.31. The molecular formula is C77H62N2. The summed E-state index contributed by atoms with van der Waals surface area (Å²) in [6.07, 6.45) is 5.06. The van der Waals surface area contributed by atoms with Gasteiger partial charge in [0.15, 0.2) is 0 Å². The fourth-order valence-corrected chi connectivity index (χ4v) is 13.0. The van der Waals surface area contributed by atoms with Crippen molar-refractivity contribution in [2.75, 3.05) is 4.90 Å². The summed E-state index contributed by atoms with van der Waals surface area (Å²) in [5, 5.41) is 7.44. The minimum atomic E-state index is 0.00724. The van der Waals surface area contributed by atoms with E-state index in [1.807, 2.05) is 0 Å². The normalized spacial score (nSPS) is 14.4. The molecule has 0 aliphatic heterocycles. The maximum atomic E-state index is 2.54. The third-order valence-electron chi connectivity index (χ3n) is 16.6.